The number of unbranched alkanes of at least 4 members (excludes halogenated alkanes) is 3. The topological polar surface area (TPSA) is 40.5 Å². The standard InChI is InChI=1S/C8H14NO2.3C4H9.Sn/c1-6-5-8(11)3-4-9(6)7(2)10;3*1-3-4-2;/h6,11H,3-5H2,1-2H3;3*1,3-4H2,2H3;. The molecule has 1 N–H and O–H groups in total. The Morgan fingerprint density at radius 2 is 1.54 bits per heavy atom. The summed E-state index contributed by atoms with van der Waals surface area (Å²) in [6, 6.07) is 0.196. The number of carbonyl (C=O) groups excluding carboxylic acids is 1. The van der Waals surface area contributed by atoms with E-state index in [9.17, 15) is 9.90 Å². The molecule has 4 heteroatoms. The quantitative estimate of drug-likeness (QED) is 0.473. The van der Waals surface area contributed by atoms with E-state index in [1.807, 2.05) is 4.90 Å². The number of hydrogen-bond acceptors (Lipinski definition) is 2. The van der Waals surface area contributed by atoms with Crippen molar-refractivity contribution in [3.8, 4) is 0 Å². The number of amides is 1. The van der Waals surface area contributed by atoms with E-state index < -0.39 is 22.0 Å². The minimum absolute atomic E-state index is 0.168. The molecule has 0 saturated carbocycles. The Morgan fingerprint density at radius 1 is 1.08 bits per heavy atom. The Balaban J connectivity index is 3.06. The molecule has 0 spiro atoms. The van der Waals surface area contributed by atoms with Crippen molar-refractivity contribution in [1.29, 1.82) is 0 Å². The molecular formula is C20H41NO2Sn. The molecule has 2 unspecified atom stereocenters. The maximum atomic E-state index is 11.9. The Morgan fingerprint density at radius 3 is 1.88 bits per heavy atom. The van der Waals surface area contributed by atoms with Gasteiger partial charge in [-0.1, -0.05) is 0 Å². The van der Waals surface area contributed by atoms with Gasteiger partial charge in [0.2, 0.25) is 0 Å². The average Bonchev–Trinajstić information content (AvgIpc) is 2.54. The van der Waals surface area contributed by atoms with Crippen LogP contribution in [0.3, 0.4) is 0 Å². The Kier molecular flexibility index (Phi) is 9.65. The average molecular weight is 446 g/mol. The molecule has 0 radical (unpaired) electrons. The normalized spacial score (nSPS) is 25.1. The van der Waals surface area contributed by atoms with E-state index in [0.717, 1.165) is 19.4 Å². The molecule has 24 heavy (non-hydrogen) atoms. The van der Waals surface area contributed by atoms with E-state index in [-0.39, 0.29) is 11.9 Å². The van der Waals surface area contributed by atoms with Crippen molar-refractivity contribution in [2.24, 2.45) is 0 Å². The van der Waals surface area contributed by atoms with Crippen molar-refractivity contribution >= 4 is 24.3 Å². The first-order chi connectivity index (χ1) is 11.4. The summed E-state index contributed by atoms with van der Waals surface area (Å²) in [5.41, 5.74) is 0. The van der Waals surface area contributed by atoms with E-state index >= 15 is 0 Å². The second kappa shape index (κ2) is 10.4. The fraction of sp³-hybridized carbons (Fsp3) is 0.950. The molecule has 1 aliphatic heterocycles. The first kappa shape index (κ1) is 22.3. The first-order valence-corrected chi connectivity index (χ1v) is 17.8. The molecular weight excluding hydrogens is 405 g/mol. The van der Waals surface area contributed by atoms with Crippen molar-refractivity contribution in [1.82, 2.24) is 4.90 Å². The summed E-state index contributed by atoms with van der Waals surface area (Å²) in [5.74, 6) is 0.168. The zero-order valence-corrected chi connectivity index (χ0v) is 19.7. The molecule has 0 aromatic carbocycles. The number of nitrogens with zero attached hydrogens (tertiary/aromatic N) is 1. The summed E-state index contributed by atoms with van der Waals surface area (Å²) >= 11 is -2.69. The van der Waals surface area contributed by atoms with E-state index in [0.29, 0.717) is 0 Å². The molecule has 142 valence electrons. The van der Waals surface area contributed by atoms with Gasteiger partial charge >= 0.3 is 155 Å². The fourth-order valence-corrected chi connectivity index (χ4v) is 23.7. The summed E-state index contributed by atoms with van der Waals surface area (Å²) in [7, 11) is 0. The molecule has 1 heterocycles. The van der Waals surface area contributed by atoms with Crippen LogP contribution in [-0.2, 0) is 4.79 Å². The molecule has 0 aromatic heterocycles. The monoisotopic (exact) mass is 447 g/mol. The summed E-state index contributed by atoms with van der Waals surface area (Å²) in [5, 5.41) is 11.9. The predicted molar refractivity (Wildman–Crippen MR) is 106 cm³/mol. The van der Waals surface area contributed by atoms with E-state index in [4.69, 9.17) is 0 Å². The third-order valence-corrected chi connectivity index (χ3v) is 24.5. The van der Waals surface area contributed by atoms with Crippen LogP contribution in [0.15, 0.2) is 0 Å². The van der Waals surface area contributed by atoms with Crippen LogP contribution < -0.4 is 0 Å². The van der Waals surface area contributed by atoms with Crippen LogP contribution in [0.5, 0.6) is 0 Å². The van der Waals surface area contributed by atoms with Crippen molar-refractivity contribution in [3.05, 3.63) is 0 Å². The van der Waals surface area contributed by atoms with Crippen molar-refractivity contribution in [2.75, 3.05) is 6.54 Å². The fourth-order valence-electron chi connectivity index (χ4n) is 4.79. The third-order valence-electron chi connectivity index (χ3n) is 6.35. The zero-order valence-electron chi connectivity index (χ0n) is 16.9. The van der Waals surface area contributed by atoms with Crippen LogP contribution in [0.25, 0.3) is 0 Å². The summed E-state index contributed by atoms with van der Waals surface area (Å²) in [6.45, 7) is 11.4. The van der Waals surface area contributed by atoms with Gasteiger partial charge in [-0.05, 0) is 0 Å². The Hall–Kier alpha value is 0.229. The van der Waals surface area contributed by atoms with Crippen LogP contribution in [-0.4, -0.2) is 50.5 Å². The van der Waals surface area contributed by atoms with Gasteiger partial charge in [0, 0.05) is 0 Å². The van der Waals surface area contributed by atoms with Crippen LogP contribution in [0, 0.1) is 0 Å². The molecule has 2 atom stereocenters. The van der Waals surface area contributed by atoms with Gasteiger partial charge < -0.3 is 0 Å². The number of aliphatic hydroxyl groups is 1. The molecule has 1 fully saturated rings. The third kappa shape index (κ3) is 5.36. The van der Waals surface area contributed by atoms with Gasteiger partial charge in [0.1, 0.15) is 0 Å². The molecule has 0 aliphatic carbocycles. The number of rotatable bonds is 10. The molecule has 3 nitrogen and oxygen atoms in total. The van der Waals surface area contributed by atoms with Crippen LogP contribution in [0.1, 0.15) is 86.0 Å². The van der Waals surface area contributed by atoms with Crippen LogP contribution >= 0.6 is 0 Å². The maximum absolute atomic E-state index is 11.9. The van der Waals surface area contributed by atoms with Crippen molar-refractivity contribution in [2.45, 2.75) is 109 Å². The second-order valence-electron chi connectivity index (χ2n) is 8.14. The molecule has 0 bridgehead atoms. The van der Waals surface area contributed by atoms with E-state index in [2.05, 4.69) is 27.7 Å². The molecule has 0 aromatic rings. The van der Waals surface area contributed by atoms with Crippen molar-refractivity contribution < 1.29 is 9.90 Å². The zero-order chi connectivity index (χ0) is 18.2. The number of likely N-dealkylation sites (tertiary alicyclic amines) is 1. The van der Waals surface area contributed by atoms with Crippen molar-refractivity contribution in [3.63, 3.8) is 0 Å². The number of piperidine rings is 1. The summed E-state index contributed by atoms with van der Waals surface area (Å²) in [4.78, 5) is 13.8. The van der Waals surface area contributed by atoms with Gasteiger partial charge in [-0.3, -0.25) is 0 Å². The van der Waals surface area contributed by atoms with Gasteiger partial charge in [-0.25, -0.2) is 0 Å². The van der Waals surface area contributed by atoms with Gasteiger partial charge in [-0.15, -0.1) is 0 Å². The van der Waals surface area contributed by atoms with Gasteiger partial charge in [0.05, 0.1) is 0 Å². The second-order valence-corrected chi connectivity index (χ2v) is 22.4. The molecule has 1 saturated heterocycles. The summed E-state index contributed by atoms with van der Waals surface area (Å²) < 4.78 is 3.62. The predicted octanol–water partition coefficient (Wildman–Crippen LogP) is 5.14. The molecule has 1 amide bonds. The number of carbonyl (C=O) groups is 1. The molecule has 1 rings (SSSR count). The van der Waals surface area contributed by atoms with Crippen LogP contribution in [0.4, 0.5) is 0 Å². The van der Waals surface area contributed by atoms with Crippen LogP contribution in [0.2, 0.25) is 13.3 Å². The Bertz CT molecular complexity index is 366. The molecule has 1 aliphatic rings. The number of hydrogen-bond donors (Lipinski definition) is 1. The van der Waals surface area contributed by atoms with Gasteiger partial charge in [0.15, 0.2) is 0 Å². The van der Waals surface area contributed by atoms with E-state index in [1.54, 1.807) is 6.92 Å². The Labute approximate surface area is 154 Å². The van der Waals surface area contributed by atoms with E-state index in [1.165, 1.54) is 51.8 Å². The SMILES string of the molecule is CCC[CH2][Sn]([CH2]CCC)([CH2]CCC)[C]1(O)CCN(C(C)=O)C(C)C1. The first-order valence-electron chi connectivity index (χ1n) is 10.4. The minimum atomic E-state index is -2.69. The van der Waals surface area contributed by atoms with Gasteiger partial charge in [-0.2, -0.15) is 0 Å². The summed E-state index contributed by atoms with van der Waals surface area (Å²) in [6.07, 6.45) is 9.25. The van der Waals surface area contributed by atoms with Gasteiger partial charge in [0.25, 0.3) is 0 Å².